The summed E-state index contributed by atoms with van der Waals surface area (Å²) >= 11 is 0. The summed E-state index contributed by atoms with van der Waals surface area (Å²) < 4.78 is 11.5. The molecule has 2 bridgehead atoms. The summed E-state index contributed by atoms with van der Waals surface area (Å²) in [5.41, 5.74) is 0.888. The van der Waals surface area contributed by atoms with Crippen LogP contribution in [-0.2, 0) is 16.9 Å². The zero-order valence-corrected chi connectivity index (χ0v) is 17.9. The Morgan fingerprint density at radius 2 is 1.41 bits per heavy atom. The standard InChI is InChI=1S/C27H27NO4/c29-26(31-19-20-7-3-1-4-8-20)28-22-13-14-23(28)18-27(30,17-22)21-11-15-25(16-12-21)32-24-9-5-2-6-10-24/h1-12,15-16,22-23,30H,13-14,17-19H2. The fourth-order valence-corrected chi connectivity index (χ4v) is 5.01. The van der Waals surface area contributed by atoms with E-state index in [1.807, 2.05) is 89.8 Å². The first-order valence-electron chi connectivity index (χ1n) is 11.2. The molecule has 0 radical (unpaired) electrons. The Morgan fingerprint density at radius 1 is 0.844 bits per heavy atom. The molecule has 3 aromatic carbocycles. The van der Waals surface area contributed by atoms with E-state index in [-0.39, 0.29) is 24.8 Å². The third kappa shape index (κ3) is 4.21. The second-order valence-corrected chi connectivity index (χ2v) is 8.71. The van der Waals surface area contributed by atoms with E-state index in [0.29, 0.717) is 12.8 Å². The number of fused-ring (bicyclic) bond motifs is 2. The maximum Gasteiger partial charge on any atom is 0.410 e. The number of ether oxygens (including phenoxy) is 2. The van der Waals surface area contributed by atoms with Crippen LogP contribution in [0.1, 0.15) is 36.8 Å². The van der Waals surface area contributed by atoms with Crippen LogP contribution in [0.3, 0.4) is 0 Å². The molecule has 5 nitrogen and oxygen atoms in total. The average Bonchev–Trinajstić information content (AvgIpc) is 3.11. The number of amides is 1. The molecule has 0 aliphatic carbocycles. The molecule has 2 atom stereocenters. The van der Waals surface area contributed by atoms with Crippen molar-refractivity contribution < 1.29 is 19.4 Å². The molecule has 2 aliphatic rings. The van der Waals surface area contributed by atoms with E-state index in [1.165, 1.54) is 0 Å². The van der Waals surface area contributed by atoms with Gasteiger partial charge >= 0.3 is 6.09 Å². The first-order valence-corrected chi connectivity index (χ1v) is 11.2. The van der Waals surface area contributed by atoms with Crippen LogP contribution in [-0.4, -0.2) is 28.2 Å². The fraction of sp³-hybridized carbons (Fsp3) is 0.296. The van der Waals surface area contributed by atoms with Gasteiger partial charge in [0.2, 0.25) is 0 Å². The Balaban J connectivity index is 1.24. The predicted octanol–water partition coefficient (Wildman–Crippen LogP) is 5.63. The highest BCUT2D eigenvalue weighted by atomic mass is 16.6. The monoisotopic (exact) mass is 429 g/mol. The van der Waals surface area contributed by atoms with E-state index in [9.17, 15) is 9.90 Å². The lowest BCUT2D eigenvalue weighted by atomic mass is 9.80. The van der Waals surface area contributed by atoms with E-state index in [1.54, 1.807) is 0 Å². The van der Waals surface area contributed by atoms with Crippen molar-refractivity contribution in [2.24, 2.45) is 0 Å². The van der Waals surface area contributed by atoms with E-state index in [4.69, 9.17) is 9.47 Å². The van der Waals surface area contributed by atoms with Gasteiger partial charge in [-0.25, -0.2) is 4.79 Å². The van der Waals surface area contributed by atoms with E-state index >= 15 is 0 Å². The largest absolute Gasteiger partial charge is 0.457 e. The van der Waals surface area contributed by atoms with Crippen LogP contribution < -0.4 is 4.74 Å². The predicted molar refractivity (Wildman–Crippen MR) is 121 cm³/mol. The highest BCUT2D eigenvalue weighted by molar-refractivity contribution is 5.69. The Kier molecular flexibility index (Phi) is 5.58. The molecule has 1 amide bonds. The second-order valence-electron chi connectivity index (χ2n) is 8.71. The molecule has 5 rings (SSSR count). The summed E-state index contributed by atoms with van der Waals surface area (Å²) in [6, 6.07) is 27.0. The number of para-hydroxylation sites is 1. The van der Waals surface area contributed by atoms with E-state index in [0.717, 1.165) is 35.5 Å². The van der Waals surface area contributed by atoms with Crippen LogP contribution >= 0.6 is 0 Å². The molecule has 0 saturated carbocycles. The molecule has 2 saturated heterocycles. The van der Waals surface area contributed by atoms with E-state index < -0.39 is 5.60 Å². The summed E-state index contributed by atoms with van der Waals surface area (Å²) in [4.78, 5) is 14.7. The van der Waals surface area contributed by atoms with Gasteiger partial charge in [0, 0.05) is 24.9 Å². The molecule has 1 N–H and O–H groups in total. The average molecular weight is 430 g/mol. The molecule has 2 fully saturated rings. The Labute approximate surface area is 188 Å². The summed E-state index contributed by atoms with van der Waals surface area (Å²) in [7, 11) is 0. The zero-order valence-electron chi connectivity index (χ0n) is 17.9. The highest BCUT2D eigenvalue weighted by Gasteiger charge is 2.50. The molecule has 5 heteroatoms. The zero-order chi connectivity index (χ0) is 22.0. The molecular formula is C27H27NO4. The van der Waals surface area contributed by atoms with Gasteiger partial charge in [0.25, 0.3) is 0 Å². The molecule has 2 aliphatic heterocycles. The number of hydrogen-bond acceptors (Lipinski definition) is 4. The third-order valence-corrected chi connectivity index (χ3v) is 6.55. The summed E-state index contributed by atoms with van der Waals surface area (Å²) in [6.45, 7) is 0.267. The topological polar surface area (TPSA) is 59.0 Å². The SMILES string of the molecule is O=C(OCc1ccccc1)N1C2CCC1CC(O)(c1ccc(Oc3ccccc3)cc1)C2. The normalized spacial score (nSPS) is 24.2. The van der Waals surface area contributed by atoms with Crippen LogP contribution in [0.4, 0.5) is 4.79 Å². The Bertz CT molecular complexity index is 1040. The number of rotatable bonds is 5. The second kappa shape index (κ2) is 8.67. The number of carbonyl (C=O) groups excluding carboxylic acids is 1. The molecule has 2 unspecified atom stereocenters. The molecule has 2 heterocycles. The molecule has 3 aromatic rings. The van der Waals surface area contributed by atoms with Gasteiger partial charge in [-0.05, 0) is 48.2 Å². The van der Waals surface area contributed by atoms with Gasteiger partial charge < -0.3 is 19.5 Å². The van der Waals surface area contributed by atoms with Gasteiger partial charge in [0.05, 0.1) is 5.60 Å². The van der Waals surface area contributed by atoms with Crippen molar-refractivity contribution in [1.82, 2.24) is 4.90 Å². The lowest BCUT2D eigenvalue weighted by molar-refractivity contribution is -0.0536. The van der Waals surface area contributed by atoms with Crippen molar-refractivity contribution in [2.75, 3.05) is 0 Å². The maximum absolute atomic E-state index is 12.8. The van der Waals surface area contributed by atoms with Crippen molar-refractivity contribution in [2.45, 2.75) is 50.0 Å². The molecular weight excluding hydrogens is 402 g/mol. The number of benzene rings is 3. The van der Waals surface area contributed by atoms with Gasteiger partial charge in [0.15, 0.2) is 0 Å². The number of aliphatic hydroxyl groups is 1. The lowest BCUT2D eigenvalue weighted by Gasteiger charge is -2.43. The Morgan fingerprint density at radius 3 is 2.03 bits per heavy atom. The molecule has 32 heavy (non-hydrogen) atoms. The third-order valence-electron chi connectivity index (χ3n) is 6.55. The molecule has 164 valence electrons. The van der Waals surface area contributed by atoms with Gasteiger partial charge in [0.1, 0.15) is 18.1 Å². The number of nitrogens with zero attached hydrogens (tertiary/aromatic N) is 1. The summed E-state index contributed by atoms with van der Waals surface area (Å²) in [5, 5.41) is 11.5. The fourth-order valence-electron chi connectivity index (χ4n) is 5.01. The van der Waals surface area contributed by atoms with Crippen molar-refractivity contribution >= 4 is 6.09 Å². The maximum atomic E-state index is 12.8. The summed E-state index contributed by atoms with van der Waals surface area (Å²) in [5.74, 6) is 1.51. The van der Waals surface area contributed by atoms with Crippen molar-refractivity contribution in [3.8, 4) is 11.5 Å². The van der Waals surface area contributed by atoms with Gasteiger partial charge in [-0.15, -0.1) is 0 Å². The summed E-state index contributed by atoms with van der Waals surface area (Å²) in [6.07, 6.45) is 2.53. The molecule has 0 aromatic heterocycles. The van der Waals surface area contributed by atoms with Gasteiger partial charge in [-0.3, -0.25) is 0 Å². The van der Waals surface area contributed by atoms with Crippen molar-refractivity contribution in [3.63, 3.8) is 0 Å². The van der Waals surface area contributed by atoms with Crippen LogP contribution in [0.5, 0.6) is 11.5 Å². The van der Waals surface area contributed by atoms with Crippen LogP contribution in [0, 0.1) is 0 Å². The minimum Gasteiger partial charge on any atom is -0.457 e. The minimum absolute atomic E-state index is 0.0118. The number of hydrogen-bond donors (Lipinski definition) is 1. The first-order chi connectivity index (χ1) is 15.6. The number of carbonyl (C=O) groups is 1. The Hall–Kier alpha value is -3.31. The lowest BCUT2D eigenvalue weighted by Crippen LogP contribution is -2.52. The highest BCUT2D eigenvalue weighted by Crippen LogP contribution is 2.46. The van der Waals surface area contributed by atoms with Gasteiger partial charge in [-0.1, -0.05) is 60.7 Å². The van der Waals surface area contributed by atoms with Crippen molar-refractivity contribution in [3.05, 3.63) is 96.1 Å². The van der Waals surface area contributed by atoms with Crippen LogP contribution in [0.15, 0.2) is 84.9 Å². The van der Waals surface area contributed by atoms with Crippen LogP contribution in [0.2, 0.25) is 0 Å². The smallest absolute Gasteiger partial charge is 0.410 e. The first kappa shape index (κ1) is 20.6. The number of piperidine rings is 1. The van der Waals surface area contributed by atoms with Crippen molar-refractivity contribution in [1.29, 1.82) is 0 Å². The van der Waals surface area contributed by atoms with Gasteiger partial charge in [-0.2, -0.15) is 0 Å². The van der Waals surface area contributed by atoms with Crippen LogP contribution in [0.25, 0.3) is 0 Å². The molecule has 0 spiro atoms. The minimum atomic E-state index is -0.951. The quantitative estimate of drug-likeness (QED) is 0.571. The van der Waals surface area contributed by atoms with E-state index in [2.05, 4.69) is 0 Å².